The Hall–Kier alpha value is -2.10. The molecule has 1 aromatic carbocycles. The van der Waals surface area contributed by atoms with Crippen molar-refractivity contribution in [3.05, 3.63) is 47.3 Å². The Bertz CT molecular complexity index is 1090. The lowest BCUT2D eigenvalue weighted by atomic mass is 10.00. The predicted octanol–water partition coefficient (Wildman–Crippen LogP) is 3.45. The molecular weight excluding hydrogens is 455 g/mol. The number of aromatic nitrogens is 2. The average Bonchev–Trinajstić information content (AvgIpc) is 3.35. The maximum absolute atomic E-state index is 13.5. The van der Waals surface area contributed by atoms with Crippen LogP contribution in [-0.2, 0) is 20.3 Å². The van der Waals surface area contributed by atoms with Crippen LogP contribution in [0.2, 0.25) is 0 Å². The van der Waals surface area contributed by atoms with Gasteiger partial charge in [0, 0.05) is 38.9 Å². The Morgan fingerprint density at radius 2 is 1.82 bits per heavy atom. The van der Waals surface area contributed by atoms with Crippen molar-refractivity contribution >= 4 is 15.7 Å². The van der Waals surface area contributed by atoms with Crippen LogP contribution in [-0.4, -0.2) is 62.4 Å². The lowest BCUT2D eigenvalue weighted by Crippen LogP contribution is -2.32. The smallest absolute Gasteiger partial charge is 0.201 e. The fourth-order valence-electron chi connectivity index (χ4n) is 5.80. The number of fused-ring (bicyclic) bond motifs is 1. The highest BCUT2D eigenvalue weighted by Gasteiger charge is 2.41. The summed E-state index contributed by atoms with van der Waals surface area (Å²) in [7, 11) is -3.71. The Morgan fingerprint density at radius 1 is 1.09 bits per heavy atom. The van der Waals surface area contributed by atoms with E-state index in [-0.39, 0.29) is 10.8 Å². The van der Waals surface area contributed by atoms with Crippen molar-refractivity contribution in [2.75, 3.05) is 38.2 Å². The van der Waals surface area contributed by atoms with Crippen LogP contribution in [0, 0.1) is 30.5 Å². The predicted molar refractivity (Wildman–Crippen MR) is 128 cm³/mol. The minimum Gasteiger partial charge on any atom is -0.381 e. The lowest BCUT2D eigenvalue weighted by molar-refractivity contribution is 0.0545. The van der Waals surface area contributed by atoms with Gasteiger partial charge in [-0.1, -0.05) is 6.07 Å². The average molecular weight is 489 g/mol. The largest absolute Gasteiger partial charge is 0.381 e. The van der Waals surface area contributed by atoms with Gasteiger partial charge in [0.2, 0.25) is 9.84 Å². The second-order valence-electron chi connectivity index (χ2n) is 10.2. The molecule has 1 saturated carbocycles. The van der Waals surface area contributed by atoms with Crippen molar-refractivity contribution in [3.63, 3.8) is 0 Å². The molecule has 0 unspecified atom stereocenters. The third-order valence-electron chi connectivity index (χ3n) is 7.65. The number of benzene rings is 1. The van der Waals surface area contributed by atoms with Crippen molar-refractivity contribution < 1.29 is 17.5 Å². The van der Waals surface area contributed by atoms with Gasteiger partial charge in [-0.2, -0.15) is 0 Å². The first-order valence-electron chi connectivity index (χ1n) is 12.2. The molecule has 3 fully saturated rings. The SMILES string of the molecule is Cc1ccc(F)cc1CS(=O)(=O)c1ccc(NC2C[C@@H]3CN(CC4CCOCC4)C[C@H]3C2)nn1. The van der Waals surface area contributed by atoms with E-state index >= 15 is 0 Å². The zero-order valence-electron chi connectivity index (χ0n) is 19.6. The number of hydrogen-bond donors (Lipinski definition) is 1. The fourth-order valence-corrected chi connectivity index (χ4v) is 7.11. The summed E-state index contributed by atoms with van der Waals surface area (Å²) < 4.78 is 44.6. The lowest BCUT2D eigenvalue weighted by Gasteiger charge is -2.27. The molecule has 0 bridgehead atoms. The quantitative estimate of drug-likeness (QED) is 0.639. The normalized spacial score (nSPS) is 24.4. The fraction of sp³-hybridized carbons (Fsp3) is 0.600. The summed E-state index contributed by atoms with van der Waals surface area (Å²) in [6.45, 7) is 7.12. The van der Waals surface area contributed by atoms with Crippen LogP contribution in [0.3, 0.4) is 0 Å². The van der Waals surface area contributed by atoms with Crippen molar-refractivity contribution in [2.45, 2.75) is 49.4 Å². The van der Waals surface area contributed by atoms with Gasteiger partial charge in [0.1, 0.15) is 11.6 Å². The number of sulfone groups is 1. The van der Waals surface area contributed by atoms with Crippen LogP contribution in [0.1, 0.15) is 36.8 Å². The molecule has 1 N–H and O–H groups in total. The van der Waals surface area contributed by atoms with Gasteiger partial charge in [-0.05, 0) is 85.8 Å². The van der Waals surface area contributed by atoms with E-state index in [4.69, 9.17) is 4.74 Å². The van der Waals surface area contributed by atoms with E-state index in [9.17, 15) is 12.8 Å². The highest BCUT2D eigenvalue weighted by Crippen LogP contribution is 2.39. The summed E-state index contributed by atoms with van der Waals surface area (Å²) in [4.78, 5) is 2.64. The second kappa shape index (κ2) is 9.87. The molecule has 2 atom stereocenters. The Balaban J connectivity index is 1.14. The molecule has 7 nitrogen and oxygen atoms in total. The van der Waals surface area contributed by atoms with Gasteiger partial charge in [0.05, 0.1) is 5.75 Å². The zero-order chi connectivity index (χ0) is 23.7. The minimum absolute atomic E-state index is 0.0891. The number of nitrogens with one attached hydrogen (secondary N) is 1. The van der Waals surface area contributed by atoms with Crippen LogP contribution in [0.15, 0.2) is 35.4 Å². The highest BCUT2D eigenvalue weighted by molar-refractivity contribution is 7.90. The number of rotatable bonds is 7. The van der Waals surface area contributed by atoms with Gasteiger partial charge in [0.15, 0.2) is 5.03 Å². The van der Waals surface area contributed by atoms with E-state index in [1.165, 1.54) is 50.7 Å². The molecular formula is C25H33FN4O3S. The van der Waals surface area contributed by atoms with E-state index in [0.717, 1.165) is 37.5 Å². The summed E-state index contributed by atoms with van der Waals surface area (Å²) in [5.74, 6) is 2.05. The maximum atomic E-state index is 13.5. The molecule has 3 aliphatic rings. The zero-order valence-corrected chi connectivity index (χ0v) is 20.4. The molecule has 3 heterocycles. The molecule has 9 heteroatoms. The number of likely N-dealkylation sites (tertiary alicyclic amines) is 1. The van der Waals surface area contributed by atoms with E-state index in [1.54, 1.807) is 19.1 Å². The topological polar surface area (TPSA) is 84.4 Å². The number of anilines is 1. The van der Waals surface area contributed by atoms with Crippen LogP contribution >= 0.6 is 0 Å². The van der Waals surface area contributed by atoms with Crippen LogP contribution in [0.4, 0.5) is 10.2 Å². The number of aryl methyl sites for hydroxylation is 1. The van der Waals surface area contributed by atoms with Crippen molar-refractivity contribution in [2.24, 2.45) is 17.8 Å². The Morgan fingerprint density at radius 3 is 2.50 bits per heavy atom. The summed E-state index contributed by atoms with van der Waals surface area (Å²) in [6.07, 6.45) is 4.58. The van der Waals surface area contributed by atoms with Gasteiger partial charge in [0.25, 0.3) is 0 Å². The number of hydrogen-bond acceptors (Lipinski definition) is 7. The van der Waals surface area contributed by atoms with E-state index in [0.29, 0.717) is 29.3 Å². The molecule has 0 radical (unpaired) electrons. The molecule has 1 aromatic heterocycles. The highest BCUT2D eigenvalue weighted by atomic mass is 32.2. The molecule has 34 heavy (non-hydrogen) atoms. The molecule has 2 saturated heterocycles. The second-order valence-corrected chi connectivity index (χ2v) is 12.1. The van der Waals surface area contributed by atoms with E-state index in [2.05, 4.69) is 20.4 Å². The molecule has 0 spiro atoms. The molecule has 0 amide bonds. The summed E-state index contributed by atoms with van der Waals surface area (Å²) in [5.41, 5.74) is 1.17. The Kier molecular flexibility index (Phi) is 6.86. The number of halogens is 1. The first-order valence-corrected chi connectivity index (χ1v) is 13.9. The van der Waals surface area contributed by atoms with Gasteiger partial charge in [-0.15, -0.1) is 10.2 Å². The third kappa shape index (κ3) is 5.42. The maximum Gasteiger partial charge on any atom is 0.201 e. The summed E-state index contributed by atoms with van der Waals surface area (Å²) in [6, 6.07) is 7.69. The standard InChI is InChI=1S/C25H33FN4O3S/c1-17-2-3-22(26)10-21(17)16-34(31,32)25-5-4-24(28-29-25)27-23-11-19-14-30(15-20(19)12-23)13-18-6-8-33-9-7-18/h2-5,10,18-20,23H,6-9,11-16H2,1H3,(H,27,28)/t19-,20-/m1/s1. The number of ether oxygens (including phenoxy) is 1. The van der Waals surface area contributed by atoms with Gasteiger partial charge in [-0.3, -0.25) is 0 Å². The molecule has 2 aliphatic heterocycles. The first kappa shape index (κ1) is 23.6. The van der Waals surface area contributed by atoms with Crippen molar-refractivity contribution in [1.29, 1.82) is 0 Å². The molecule has 1 aliphatic carbocycles. The van der Waals surface area contributed by atoms with Crippen LogP contribution in [0.25, 0.3) is 0 Å². The van der Waals surface area contributed by atoms with E-state index in [1.807, 2.05) is 0 Å². The van der Waals surface area contributed by atoms with Gasteiger partial charge < -0.3 is 15.0 Å². The Labute approximate surface area is 201 Å². The first-order chi connectivity index (χ1) is 16.4. The minimum atomic E-state index is -3.71. The third-order valence-corrected chi connectivity index (χ3v) is 9.20. The van der Waals surface area contributed by atoms with Crippen molar-refractivity contribution in [1.82, 2.24) is 15.1 Å². The van der Waals surface area contributed by atoms with Gasteiger partial charge in [-0.25, -0.2) is 12.8 Å². The summed E-state index contributed by atoms with van der Waals surface area (Å²) >= 11 is 0. The van der Waals surface area contributed by atoms with Crippen LogP contribution in [0.5, 0.6) is 0 Å². The van der Waals surface area contributed by atoms with Crippen LogP contribution < -0.4 is 5.32 Å². The molecule has 2 aromatic rings. The van der Waals surface area contributed by atoms with Gasteiger partial charge >= 0.3 is 0 Å². The van der Waals surface area contributed by atoms with Crippen molar-refractivity contribution in [3.8, 4) is 0 Å². The molecule has 184 valence electrons. The molecule has 5 rings (SSSR count). The van der Waals surface area contributed by atoms with E-state index < -0.39 is 15.7 Å². The monoisotopic (exact) mass is 488 g/mol. The number of nitrogens with zero attached hydrogens (tertiary/aromatic N) is 3. The summed E-state index contributed by atoms with van der Waals surface area (Å²) in [5, 5.41) is 11.5.